The van der Waals surface area contributed by atoms with E-state index in [-0.39, 0.29) is 17.8 Å². The molecule has 0 saturated carbocycles. The van der Waals surface area contributed by atoms with Gasteiger partial charge in [0.25, 0.3) is 11.7 Å². The van der Waals surface area contributed by atoms with Gasteiger partial charge in [-0.3, -0.25) is 9.59 Å². The van der Waals surface area contributed by atoms with Crippen LogP contribution in [-0.2, 0) is 11.3 Å². The van der Waals surface area contributed by atoms with Crippen LogP contribution in [0.4, 0.5) is 18.9 Å². The third-order valence-corrected chi connectivity index (χ3v) is 4.24. The molecular weight excluding hydrogens is 411 g/mol. The van der Waals surface area contributed by atoms with Gasteiger partial charge >= 0.3 is 6.36 Å². The molecule has 0 N–H and O–H groups in total. The van der Waals surface area contributed by atoms with Crippen LogP contribution in [0, 0.1) is 13.8 Å². The van der Waals surface area contributed by atoms with Crippen LogP contribution < -0.4 is 14.4 Å². The van der Waals surface area contributed by atoms with Gasteiger partial charge < -0.3 is 14.4 Å². The Morgan fingerprint density at radius 2 is 1.48 bits per heavy atom. The second kappa shape index (κ2) is 10.8. The van der Waals surface area contributed by atoms with Crippen molar-refractivity contribution in [3.63, 3.8) is 0 Å². The molecule has 2 aromatic rings. The van der Waals surface area contributed by atoms with Gasteiger partial charge in [0.2, 0.25) is 0 Å². The fraction of sp³-hybridized carbons (Fsp3) is 0.391. The summed E-state index contributed by atoms with van der Waals surface area (Å²) in [6.45, 7) is 11.8. The molecule has 170 valence electrons. The number of Topliss-reactive ketones (excluding diaryl/α,β-unsaturated/α-hetero) is 1. The molecular formula is C23H28F3NO4. The van der Waals surface area contributed by atoms with Gasteiger partial charge in [-0.05, 0) is 48.7 Å². The van der Waals surface area contributed by atoms with Gasteiger partial charge in [-0.2, -0.15) is 0 Å². The third kappa shape index (κ3) is 5.99. The first-order valence-electron chi connectivity index (χ1n) is 10.0. The van der Waals surface area contributed by atoms with Crippen molar-refractivity contribution < 1.29 is 32.2 Å². The Hall–Kier alpha value is -3.03. The molecule has 0 atom stereocenters. The number of nitrogens with zero attached hydrogens (tertiary/aromatic N) is 1. The Bertz CT molecular complexity index is 916. The summed E-state index contributed by atoms with van der Waals surface area (Å²) in [5.74, 6) is -1.46. The molecule has 3 rings (SSSR count). The number of methoxy groups -OCH3 is 1. The minimum absolute atomic E-state index is 0.108. The SMILES string of the molecule is CC.CC.COc1c(C)cc(CN2C(=O)C(=O)c3cc(OC(F)(F)F)ccc32)cc1C. The number of rotatable bonds is 4. The maximum atomic E-state index is 12.4. The summed E-state index contributed by atoms with van der Waals surface area (Å²) in [5, 5.41) is 0. The van der Waals surface area contributed by atoms with Gasteiger partial charge in [0.15, 0.2) is 0 Å². The van der Waals surface area contributed by atoms with Crippen LogP contribution in [0.5, 0.6) is 11.5 Å². The highest BCUT2D eigenvalue weighted by molar-refractivity contribution is 6.52. The van der Waals surface area contributed by atoms with Crippen molar-refractivity contribution in [2.45, 2.75) is 54.4 Å². The largest absolute Gasteiger partial charge is 0.573 e. The summed E-state index contributed by atoms with van der Waals surface area (Å²) in [4.78, 5) is 25.8. The lowest BCUT2D eigenvalue weighted by Crippen LogP contribution is -2.29. The van der Waals surface area contributed by atoms with Gasteiger partial charge in [0, 0.05) is 0 Å². The fourth-order valence-corrected chi connectivity index (χ4v) is 3.27. The number of carbonyl (C=O) groups excluding carboxylic acids is 2. The average molecular weight is 439 g/mol. The Morgan fingerprint density at radius 3 is 1.97 bits per heavy atom. The maximum Gasteiger partial charge on any atom is 0.573 e. The van der Waals surface area contributed by atoms with E-state index in [9.17, 15) is 22.8 Å². The van der Waals surface area contributed by atoms with Gasteiger partial charge in [0.1, 0.15) is 11.5 Å². The number of hydrogen-bond donors (Lipinski definition) is 0. The number of amides is 1. The zero-order chi connectivity index (χ0) is 23.9. The van der Waals surface area contributed by atoms with Crippen LogP contribution >= 0.6 is 0 Å². The monoisotopic (exact) mass is 439 g/mol. The highest BCUT2D eigenvalue weighted by Crippen LogP contribution is 2.35. The van der Waals surface area contributed by atoms with E-state index in [0.29, 0.717) is 0 Å². The number of benzene rings is 2. The lowest BCUT2D eigenvalue weighted by atomic mass is 10.1. The van der Waals surface area contributed by atoms with E-state index in [1.54, 1.807) is 7.11 Å². The molecule has 0 bridgehead atoms. The van der Waals surface area contributed by atoms with E-state index >= 15 is 0 Å². The molecule has 0 spiro atoms. The summed E-state index contributed by atoms with van der Waals surface area (Å²) < 4.78 is 46.3. The Balaban J connectivity index is 0.00000113. The number of hydrogen-bond acceptors (Lipinski definition) is 4. The van der Waals surface area contributed by atoms with Crippen LogP contribution in [0.3, 0.4) is 0 Å². The average Bonchev–Trinajstić information content (AvgIpc) is 2.94. The molecule has 2 aromatic carbocycles. The summed E-state index contributed by atoms with van der Waals surface area (Å²) in [6, 6.07) is 6.97. The van der Waals surface area contributed by atoms with E-state index in [1.807, 2.05) is 53.7 Å². The minimum atomic E-state index is -4.88. The number of fused-ring (bicyclic) bond motifs is 1. The molecule has 1 amide bonds. The first kappa shape index (κ1) is 26.0. The van der Waals surface area contributed by atoms with E-state index in [2.05, 4.69) is 4.74 Å². The van der Waals surface area contributed by atoms with Crippen molar-refractivity contribution >= 4 is 17.4 Å². The Morgan fingerprint density at radius 1 is 0.935 bits per heavy atom. The Kier molecular flexibility index (Phi) is 9.09. The maximum absolute atomic E-state index is 12.4. The van der Waals surface area contributed by atoms with Crippen molar-refractivity contribution in [2.24, 2.45) is 0 Å². The van der Waals surface area contributed by atoms with E-state index < -0.39 is 23.8 Å². The summed E-state index contributed by atoms with van der Waals surface area (Å²) in [7, 11) is 1.56. The van der Waals surface area contributed by atoms with Crippen LogP contribution in [0.25, 0.3) is 0 Å². The molecule has 0 aliphatic carbocycles. The lowest BCUT2D eigenvalue weighted by Gasteiger charge is -2.19. The normalized spacial score (nSPS) is 12.4. The van der Waals surface area contributed by atoms with Crippen molar-refractivity contribution in [2.75, 3.05) is 12.0 Å². The molecule has 0 fully saturated rings. The number of anilines is 1. The van der Waals surface area contributed by atoms with Crippen molar-refractivity contribution in [1.29, 1.82) is 0 Å². The van der Waals surface area contributed by atoms with E-state index in [1.165, 1.54) is 11.0 Å². The van der Waals surface area contributed by atoms with Gasteiger partial charge in [-0.15, -0.1) is 13.2 Å². The quantitative estimate of drug-likeness (QED) is 0.549. The standard InChI is InChI=1S/C19H16F3NO4.2C2H6/c1-10-6-12(7-11(2)17(10)26-3)9-23-15-5-4-13(27-19(20,21)22)8-14(15)16(24)18(23)25;2*1-2/h4-8H,9H2,1-3H3;2*1-2H3. The van der Waals surface area contributed by atoms with Gasteiger partial charge in [0.05, 0.1) is 24.9 Å². The summed E-state index contributed by atoms with van der Waals surface area (Å²) in [6.07, 6.45) is -4.88. The first-order chi connectivity index (χ1) is 14.6. The number of ether oxygens (including phenoxy) is 2. The fourth-order valence-electron chi connectivity index (χ4n) is 3.27. The number of alkyl halides is 3. The minimum Gasteiger partial charge on any atom is -0.496 e. The number of carbonyl (C=O) groups is 2. The van der Waals surface area contributed by atoms with Crippen LogP contribution in [0.1, 0.15) is 54.7 Å². The zero-order valence-electron chi connectivity index (χ0n) is 18.8. The van der Waals surface area contributed by atoms with E-state index in [0.717, 1.165) is 34.6 Å². The van der Waals surface area contributed by atoms with E-state index in [4.69, 9.17) is 4.74 Å². The predicted octanol–water partition coefficient (Wildman–Crippen LogP) is 5.99. The molecule has 0 radical (unpaired) electrons. The first-order valence-corrected chi connectivity index (χ1v) is 10.0. The highest BCUT2D eigenvalue weighted by Gasteiger charge is 2.37. The highest BCUT2D eigenvalue weighted by atomic mass is 19.4. The molecule has 31 heavy (non-hydrogen) atoms. The summed E-state index contributed by atoms with van der Waals surface area (Å²) in [5.41, 5.74) is 2.67. The van der Waals surface area contributed by atoms with Crippen LogP contribution in [0.15, 0.2) is 30.3 Å². The van der Waals surface area contributed by atoms with Gasteiger partial charge in [-0.25, -0.2) is 0 Å². The number of aryl methyl sites for hydroxylation is 2. The summed E-state index contributed by atoms with van der Waals surface area (Å²) >= 11 is 0. The van der Waals surface area contributed by atoms with Crippen molar-refractivity contribution in [3.8, 4) is 11.5 Å². The Labute approximate surface area is 180 Å². The molecule has 1 aliphatic heterocycles. The van der Waals surface area contributed by atoms with Gasteiger partial charge in [-0.1, -0.05) is 39.8 Å². The predicted molar refractivity (Wildman–Crippen MR) is 114 cm³/mol. The number of ketones is 1. The molecule has 1 aliphatic rings. The second-order valence-corrected chi connectivity index (χ2v) is 6.21. The number of halogens is 3. The molecule has 0 aromatic heterocycles. The lowest BCUT2D eigenvalue weighted by molar-refractivity contribution is -0.274. The third-order valence-electron chi connectivity index (χ3n) is 4.24. The topological polar surface area (TPSA) is 55.8 Å². The zero-order valence-corrected chi connectivity index (χ0v) is 18.8. The van der Waals surface area contributed by atoms with Crippen molar-refractivity contribution in [3.05, 3.63) is 52.6 Å². The smallest absolute Gasteiger partial charge is 0.496 e. The van der Waals surface area contributed by atoms with Crippen molar-refractivity contribution in [1.82, 2.24) is 0 Å². The van der Waals surface area contributed by atoms with Crippen LogP contribution in [0.2, 0.25) is 0 Å². The molecule has 0 saturated heterocycles. The molecule has 1 heterocycles. The molecule has 8 heteroatoms. The second-order valence-electron chi connectivity index (χ2n) is 6.21. The van der Waals surface area contributed by atoms with Crippen LogP contribution in [-0.4, -0.2) is 25.2 Å². The molecule has 5 nitrogen and oxygen atoms in total. The molecule has 0 unspecified atom stereocenters.